The van der Waals surface area contributed by atoms with Crippen molar-refractivity contribution in [3.8, 4) is 33.9 Å². The highest BCUT2D eigenvalue weighted by Crippen LogP contribution is 2.36. The molecule has 4 aromatic carbocycles. The van der Waals surface area contributed by atoms with Gasteiger partial charge in [0.15, 0.2) is 0 Å². The van der Waals surface area contributed by atoms with Gasteiger partial charge in [0.25, 0.3) is 5.91 Å². The minimum Gasteiger partial charge on any atom is -0.438 e. The van der Waals surface area contributed by atoms with Gasteiger partial charge in [-0.25, -0.2) is 9.37 Å². The molecule has 0 radical (unpaired) electrons. The Morgan fingerprint density at radius 3 is 2.44 bits per heavy atom. The summed E-state index contributed by atoms with van der Waals surface area (Å²) in [4.78, 5) is 31.5. The molecule has 8 heteroatoms. The number of carbonyl (C=O) groups excluding carboxylic acids is 2. The molecule has 45 heavy (non-hydrogen) atoms. The Bertz CT molecular complexity index is 1780. The van der Waals surface area contributed by atoms with Crippen molar-refractivity contribution < 1.29 is 18.7 Å². The summed E-state index contributed by atoms with van der Waals surface area (Å²) in [5.41, 5.74) is 10.5. The first-order chi connectivity index (χ1) is 22.0. The number of ether oxygens (including phenoxy) is 1. The van der Waals surface area contributed by atoms with Gasteiger partial charge < -0.3 is 15.8 Å². The maximum Gasteiger partial charge on any atom is 0.258 e. The van der Waals surface area contributed by atoms with Gasteiger partial charge in [0.05, 0.1) is 6.04 Å². The summed E-state index contributed by atoms with van der Waals surface area (Å²) in [6.45, 7) is 2.48. The van der Waals surface area contributed by atoms with Crippen molar-refractivity contribution in [3.05, 3.63) is 138 Å². The lowest BCUT2D eigenvalue weighted by molar-refractivity contribution is -0.122. The number of pyridine rings is 1. The van der Waals surface area contributed by atoms with Crippen LogP contribution in [0.1, 0.15) is 34.8 Å². The molecule has 4 N–H and O–H groups in total. The molecule has 0 saturated heterocycles. The van der Waals surface area contributed by atoms with Gasteiger partial charge >= 0.3 is 0 Å². The molecular weight excluding hydrogens is 567 g/mol. The Balaban J connectivity index is 1.46. The van der Waals surface area contributed by atoms with Crippen LogP contribution in [0.15, 0.2) is 115 Å². The second-order valence-electron chi connectivity index (χ2n) is 10.5. The summed E-state index contributed by atoms with van der Waals surface area (Å²) < 4.78 is 20.4. The molecule has 2 amide bonds. The van der Waals surface area contributed by atoms with Gasteiger partial charge in [0.1, 0.15) is 11.6 Å². The fourth-order valence-electron chi connectivity index (χ4n) is 5.06. The number of nitrogens with zero attached hydrogens (tertiary/aromatic N) is 1. The number of hydrogen-bond donors (Lipinski definition) is 3. The van der Waals surface area contributed by atoms with E-state index in [0.717, 1.165) is 16.7 Å². The maximum absolute atomic E-state index is 14.1. The Morgan fingerprint density at radius 2 is 1.67 bits per heavy atom. The summed E-state index contributed by atoms with van der Waals surface area (Å²) in [7, 11) is 0. The summed E-state index contributed by atoms with van der Waals surface area (Å²) >= 11 is 0. The lowest BCUT2D eigenvalue weighted by Gasteiger charge is -2.18. The van der Waals surface area contributed by atoms with Gasteiger partial charge in [0.2, 0.25) is 11.8 Å². The first kappa shape index (κ1) is 31.3. The molecule has 0 fully saturated rings. The van der Waals surface area contributed by atoms with Crippen molar-refractivity contribution in [1.29, 1.82) is 0 Å². The van der Waals surface area contributed by atoms with Crippen molar-refractivity contribution in [2.45, 2.75) is 32.4 Å². The van der Waals surface area contributed by atoms with E-state index in [2.05, 4.69) is 15.6 Å². The predicted octanol–water partition coefficient (Wildman–Crippen LogP) is 6.67. The molecule has 5 aromatic rings. The minimum absolute atomic E-state index is 0.146. The largest absolute Gasteiger partial charge is 0.438 e. The number of carbonyl (C=O) groups is 2. The molecule has 1 atom stereocenters. The van der Waals surface area contributed by atoms with Crippen molar-refractivity contribution in [1.82, 2.24) is 15.6 Å². The third kappa shape index (κ3) is 7.86. The second kappa shape index (κ2) is 15.0. The maximum atomic E-state index is 14.1. The standard InChI is InChI=1S/C37H35FN4O3/c1-2-34(41-24-28-13-6-7-16-33(28)38)36(44)42-35(43)30-18-17-27(26-11-4-3-5-12-26)23-32(30)31-15-9-21-40-37(31)45-29-14-8-10-25(22-29)19-20-39/h3-18,21-23,34,41H,2,19-20,24,39H2,1H3,(H,42,43,44). The van der Waals surface area contributed by atoms with Gasteiger partial charge in [0, 0.05) is 35.0 Å². The quantitative estimate of drug-likeness (QED) is 0.147. The zero-order chi connectivity index (χ0) is 31.6. The zero-order valence-electron chi connectivity index (χ0n) is 25.0. The Kier molecular flexibility index (Phi) is 10.4. The van der Waals surface area contributed by atoms with Crippen LogP contribution in [-0.4, -0.2) is 29.4 Å². The van der Waals surface area contributed by atoms with E-state index < -0.39 is 17.9 Å². The normalized spacial score (nSPS) is 11.5. The highest BCUT2D eigenvalue weighted by atomic mass is 19.1. The Hall–Kier alpha value is -5.18. The van der Waals surface area contributed by atoms with Crippen LogP contribution in [0.2, 0.25) is 0 Å². The van der Waals surface area contributed by atoms with Crippen molar-refractivity contribution >= 4 is 11.8 Å². The highest BCUT2D eigenvalue weighted by molar-refractivity contribution is 6.10. The monoisotopic (exact) mass is 602 g/mol. The van der Waals surface area contributed by atoms with E-state index in [4.69, 9.17) is 10.5 Å². The van der Waals surface area contributed by atoms with Crippen LogP contribution in [0.3, 0.4) is 0 Å². The molecule has 1 heterocycles. The number of rotatable bonds is 12. The third-order valence-electron chi connectivity index (χ3n) is 7.44. The summed E-state index contributed by atoms with van der Waals surface area (Å²) in [5.74, 6) is -0.532. The van der Waals surface area contributed by atoms with Crippen LogP contribution >= 0.6 is 0 Å². The fraction of sp³-hybridized carbons (Fsp3) is 0.162. The fourth-order valence-corrected chi connectivity index (χ4v) is 5.06. The SMILES string of the molecule is CCC(NCc1ccccc1F)C(=O)NC(=O)c1ccc(-c2ccccc2)cc1-c1cccnc1Oc1cccc(CCN)c1. The molecular formula is C37H35FN4O3. The summed E-state index contributed by atoms with van der Waals surface area (Å²) in [5, 5.41) is 5.62. The average molecular weight is 603 g/mol. The molecule has 1 aromatic heterocycles. The molecule has 228 valence electrons. The highest BCUT2D eigenvalue weighted by Gasteiger charge is 2.23. The third-order valence-corrected chi connectivity index (χ3v) is 7.44. The Morgan fingerprint density at radius 1 is 0.867 bits per heavy atom. The van der Waals surface area contributed by atoms with Crippen molar-refractivity contribution in [2.75, 3.05) is 6.54 Å². The number of imide groups is 1. The van der Waals surface area contributed by atoms with E-state index in [-0.39, 0.29) is 17.9 Å². The number of hydrogen-bond acceptors (Lipinski definition) is 6. The number of amides is 2. The van der Waals surface area contributed by atoms with Crippen LogP contribution in [0, 0.1) is 5.82 Å². The van der Waals surface area contributed by atoms with E-state index in [9.17, 15) is 14.0 Å². The van der Waals surface area contributed by atoms with Crippen molar-refractivity contribution in [3.63, 3.8) is 0 Å². The topological polar surface area (TPSA) is 106 Å². The number of aromatic nitrogens is 1. The van der Waals surface area contributed by atoms with Gasteiger partial charge in [-0.3, -0.25) is 14.9 Å². The first-order valence-electron chi connectivity index (χ1n) is 14.9. The first-order valence-corrected chi connectivity index (χ1v) is 14.9. The molecule has 0 aliphatic carbocycles. The lowest BCUT2D eigenvalue weighted by Crippen LogP contribution is -2.45. The molecule has 5 rings (SSSR count). The van der Waals surface area contributed by atoms with Gasteiger partial charge in [-0.05, 0) is 78.5 Å². The predicted molar refractivity (Wildman–Crippen MR) is 174 cm³/mol. The van der Waals surface area contributed by atoms with Crippen LogP contribution in [0.5, 0.6) is 11.6 Å². The van der Waals surface area contributed by atoms with Gasteiger partial charge in [-0.2, -0.15) is 0 Å². The van der Waals surface area contributed by atoms with E-state index in [1.54, 1.807) is 36.5 Å². The molecule has 1 unspecified atom stereocenters. The van der Waals surface area contributed by atoms with E-state index in [1.807, 2.05) is 79.7 Å². The zero-order valence-corrected chi connectivity index (χ0v) is 25.0. The lowest BCUT2D eigenvalue weighted by atomic mass is 9.94. The van der Waals surface area contributed by atoms with Crippen LogP contribution < -0.4 is 21.1 Å². The molecule has 0 aliphatic heterocycles. The Labute approximate surface area is 262 Å². The van der Waals surface area contributed by atoms with Gasteiger partial charge in [-0.1, -0.05) is 73.7 Å². The van der Waals surface area contributed by atoms with Crippen LogP contribution in [-0.2, 0) is 17.8 Å². The van der Waals surface area contributed by atoms with Crippen LogP contribution in [0.25, 0.3) is 22.3 Å². The van der Waals surface area contributed by atoms with Crippen molar-refractivity contribution in [2.24, 2.45) is 5.73 Å². The van der Waals surface area contributed by atoms with Gasteiger partial charge in [-0.15, -0.1) is 0 Å². The second-order valence-corrected chi connectivity index (χ2v) is 10.5. The number of nitrogens with one attached hydrogen (secondary N) is 2. The van der Waals surface area contributed by atoms with E-state index >= 15 is 0 Å². The van der Waals surface area contributed by atoms with E-state index in [0.29, 0.717) is 47.7 Å². The smallest absolute Gasteiger partial charge is 0.258 e. The molecule has 7 nitrogen and oxygen atoms in total. The molecule has 0 saturated carbocycles. The number of halogens is 1. The van der Waals surface area contributed by atoms with E-state index in [1.165, 1.54) is 6.07 Å². The molecule has 0 bridgehead atoms. The number of nitrogens with two attached hydrogens (primary N) is 1. The minimum atomic E-state index is -0.710. The average Bonchev–Trinajstić information content (AvgIpc) is 3.06. The summed E-state index contributed by atoms with van der Waals surface area (Å²) in [6.07, 6.45) is 2.73. The molecule has 0 aliphatic rings. The number of benzene rings is 4. The van der Waals surface area contributed by atoms with Crippen LogP contribution in [0.4, 0.5) is 4.39 Å². The molecule has 0 spiro atoms. The summed E-state index contributed by atoms with van der Waals surface area (Å²) in [6, 6.07) is 32.1.